The van der Waals surface area contributed by atoms with E-state index in [-0.39, 0.29) is 17.1 Å². The van der Waals surface area contributed by atoms with Crippen LogP contribution in [0.5, 0.6) is 0 Å². The van der Waals surface area contributed by atoms with Crippen molar-refractivity contribution in [3.63, 3.8) is 0 Å². The Bertz CT molecular complexity index is 1060. The molecule has 4 heterocycles. The topological polar surface area (TPSA) is 52.6 Å². The first-order valence-electron chi connectivity index (χ1n) is 11.8. The van der Waals surface area contributed by atoms with Crippen LogP contribution in [-0.4, -0.2) is 0 Å². The van der Waals surface area contributed by atoms with E-state index in [9.17, 15) is 0 Å². The van der Waals surface area contributed by atoms with Gasteiger partial charge in [0.05, 0.1) is 0 Å². The molecule has 2 aliphatic carbocycles. The van der Waals surface area contributed by atoms with Crippen molar-refractivity contribution in [1.29, 1.82) is 0 Å². The van der Waals surface area contributed by atoms with Crippen LogP contribution < -0.4 is 22.0 Å². The van der Waals surface area contributed by atoms with Crippen LogP contribution in [0.3, 0.4) is 0 Å². The Balaban J connectivity index is 0.000000168. The van der Waals surface area contributed by atoms with Crippen LogP contribution in [0.25, 0.3) is 0 Å². The fraction of sp³-hybridized carbons (Fsp3) is 0.133. The predicted molar refractivity (Wildman–Crippen MR) is 147 cm³/mol. The summed E-state index contributed by atoms with van der Waals surface area (Å²) in [4.78, 5) is 0. The number of hydrogen-bond acceptors (Lipinski definition) is 4. The molecule has 0 unspecified atom stereocenters. The SMILES string of the molecule is Cc1ccc(P([C]2[CH][CH][CH][CH]2)c2ccc(C)o2)o1.Cc1ccc(P([C]2[CH][CH][CH][CH]2)c2ccc(C)o2)o1.[Fe+2]. The maximum Gasteiger partial charge on any atom is 2.00 e. The zero-order chi connectivity index (χ0) is 25.1. The van der Waals surface area contributed by atoms with Gasteiger partial charge in [-0.05, 0) is 128 Å². The maximum absolute atomic E-state index is 5.80. The average molecular weight is 570 g/mol. The van der Waals surface area contributed by atoms with Crippen LogP contribution in [0, 0.1) is 90.4 Å². The fourth-order valence-electron chi connectivity index (χ4n) is 3.92. The fourth-order valence-corrected chi connectivity index (χ4v) is 8.15. The third kappa shape index (κ3) is 6.93. The summed E-state index contributed by atoms with van der Waals surface area (Å²) in [6.45, 7) is 7.87. The molecule has 7 heteroatoms. The van der Waals surface area contributed by atoms with Crippen molar-refractivity contribution in [3.8, 4) is 0 Å². The smallest absolute Gasteiger partial charge is 0.461 e. The van der Waals surface area contributed by atoms with Gasteiger partial charge in [0, 0.05) is 27.2 Å². The summed E-state index contributed by atoms with van der Waals surface area (Å²) in [6.07, 6.45) is 16.7. The number of hydrogen-bond donors (Lipinski definition) is 0. The molecule has 4 aromatic heterocycles. The van der Waals surface area contributed by atoms with E-state index in [2.05, 4.69) is 51.4 Å². The third-order valence-corrected chi connectivity index (χ3v) is 9.95. The van der Waals surface area contributed by atoms with E-state index in [0.717, 1.165) is 45.0 Å². The molecule has 2 fully saturated rings. The second-order valence-corrected chi connectivity index (χ2v) is 12.6. The molecule has 4 nitrogen and oxygen atoms in total. The average Bonchev–Trinajstić information content (AvgIpc) is 3.66. The van der Waals surface area contributed by atoms with Gasteiger partial charge in [-0.15, -0.1) is 0 Å². The molecular weight excluding hydrogens is 542 g/mol. The van der Waals surface area contributed by atoms with Gasteiger partial charge in [-0.2, -0.15) is 0 Å². The molecule has 2 saturated carbocycles. The summed E-state index contributed by atoms with van der Waals surface area (Å²) in [5.74, 6) is 3.75. The zero-order valence-corrected chi connectivity index (χ0v) is 24.0. The molecule has 0 spiro atoms. The van der Waals surface area contributed by atoms with Crippen molar-refractivity contribution >= 4 is 37.8 Å². The Morgan fingerprint density at radius 3 is 0.838 bits per heavy atom. The van der Waals surface area contributed by atoms with Gasteiger partial charge in [0.25, 0.3) is 0 Å². The van der Waals surface area contributed by atoms with Gasteiger partial charge in [-0.25, -0.2) is 0 Å². The number of furan rings is 4. The molecule has 0 atom stereocenters. The molecule has 4 aromatic rings. The predicted octanol–water partition coefficient (Wildman–Crippen LogP) is 6.57. The van der Waals surface area contributed by atoms with Crippen molar-refractivity contribution < 1.29 is 34.7 Å². The van der Waals surface area contributed by atoms with Crippen LogP contribution in [0.1, 0.15) is 23.0 Å². The maximum atomic E-state index is 5.80. The van der Waals surface area contributed by atoms with E-state index >= 15 is 0 Å². The van der Waals surface area contributed by atoms with Gasteiger partial charge >= 0.3 is 17.1 Å². The van der Waals surface area contributed by atoms with E-state index in [1.165, 1.54) is 11.3 Å². The minimum absolute atomic E-state index is 0. The summed E-state index contributed by atoms with van der Waals surface area (Å²) in [5, 5.41) is 0. The van der Waals surface area contributed by atoms with E-state index in [0.29, 0.717) is 0 Å². The molecule has 0 aromatic carbocycles. The molecule has 188 valence electrons. The third-order valence-electron chi connectivity index (χ3n) is 5.59. The molecule has 2 aliphatic rings. The van der Waals surface area contributed by atoms with Crippen molar-refractivity contribution in [1.82, 2.24) is 0 Å². The van der Waals surface area contributed by atoms with Gasteiger partial charge in [0.15, 0.2) is 0 Å². The van der Waals surface area contributed by atoms with Crippen LogP contribution in [0.4, 0.5) is 0 Å². The van der Waals surface area contributed by atoms with E-state index in [4.69, 9.17) is 17.7 Å². The van der Waals surface area contributed by atoms with E-state index in [1.54, 1.807) is 0 Å². The van der Waals surface area contributed by atoms with Gasteiger partial charge in [0.2, 0.25) is 0 Å². The standard InChI is InChI=1S/2C15H14O2P.Fe/c2*1-11-7-9-14(16-11)18(13-5-3-4-6-13)15-10-8-12(2)17-15;/h2*3-10H,1-2H3;/q;;+2. The quantitative estimate of drug-likeness (QED) is 0.195. The molecule has 0 bridgehead atoms. The second kappa shape index (κ2) is 13.0. The minimum atomic E-state index is -0.701. The molecule has 0 amide bonds. The number of aryl methyl sites for hydroxylation is 4. The van der Waals surface area contributed by atoms with E-state index in [1.807, 2.05) is 76.2 Å². The van der Waals surface area contributed by atoms with Crippen LogP contribution in [0.2, 0.25) is 0 Å². The van der Waals surface area contributed by atoms with Crippen molar-refractivity contribution in [3.05, 3.63) is 134 Å². The van der Waals surface area contributed by atoms with Gasteiger partial charge in [-0.1, -0.05) is 0 Å². The molecule has 0 aliphatic heterocycles. The Hall–Kier alpha value is -1.50. The Labute approximate surface area is 233 Å². The molecule has 0 saturated heterocycles. The minimum Gasteiger partial charge on any atom is -0.461 e. The summed E-state index contributed by atoms with van der Waals surface area (Å²) < 4.78 is 23.2. The monoisotopic (exact) mass is 570 g/mol. The van der Waals surface area contributed by atoms with Crippen LogP contribution in [-0.2, 0) is 17.1 Å². The normalized spacial score (nSPS) is 16.4. The molecular formula is C30H28FeO4P2+2. The van der Waals surface area contributed by atoms with Crippen molar-refractivity contribution in [2.75, 3.05) is 0 Å². The molecule has 6 rings (SSSR count). The summed E-state index contributed by atoms with van der Waals surface area (Å²) in [6, 6.07) is 16.2. The summed E-state index contributed by atoms with van der Waals surface area (Å²) in [5.41, 5.74) is 6.47. The summed E-state index contributed by atoms with van der Waals surface area (Å²) in [7, 11) is -1.40. The van der Waals surface area contributed by atoms with Gasteiger partial charge in [-0.3, -0.25) is 0 Å². The van der Waals surface area contributed by atoms with Crippen molar-refractivity contribution in [2.24, 2.45) is 0 Å². The first-order valence-corrected chi connectivity index (χ1v) is 14.5. The Morgan fingerprint density at radius 2 is 0.649 bits per heavy atom. The van der Waals surface area contributed by atoms with Crippen molar-refractivity contribution in [2.45, 2.75) is 27.7 Å². The van der Waals surface area contributed by atoms with Gasteiger partial charge < -0.3 is 17.7 Å². The summed E-state index contributed by atoms with van der Waals surface area (Å²) >= 11 is 0. The second-order valence-electron chi connectivity index (χ2n) is 8.49. The molecule has 10 radical (unpaired) electrons. The molecule has 37 heavy (non-hydrogen) atoms. The molecule has 0 N–H and O–H groups in total. The Kier molecular flexibility index (Phi) is 10.0. The Morgan fingerprint density at radius 1 is 0.405 bits per heavy atom. The largest absolute Gasteiger partial charge is 2.00 e. The first-order chi connectivity index (χ1) is 17.5. The van der Waals surface area contributed by atoms with E-state index < -0.39 is 15.8 Å². The van der Waals surface area contributed by atoms with Crippen LogP contribution in [0.15, 0.2) is 66.2 Å². The first kappa shape index (κ1) is 28.5. The van der Waals surface area contributed by atoms with Crippen LogP contribution >= 0.6 is 15.8 Å². The zero-order valence-electron chi connectivity index (χ0n) is 21.1. The van der Waals surface area contributed by atoms with Gasteiger partial charge in [0.1, 0.15) is 45.0 Å². The number of rotatable bonds is 6.